The molecule has 1 aliphatic rings. The second kappa shape index (κ2) is 7.99. The van der Waals surface area contributed by atoms with Gasteiger partial charge in [0.1, 0.15) is 17.5 Å². The van der Waals surface area contributed by atoms with Crippen LogP contribution in [0.1, 0.15) is 70.1 Å². The van der Waals surface area contributed by atoms with Gasteiger partial charge in [0.25, 0.3) is 0 Å². The molecule has 7 heteroatoms. The summed E-state index contributed by atoms with van der Waals surface area (Å²) in [5, 5.41) is 20.3. The minimum Gasteiger partial charge on any atom is -0.507 e. The number of carbonyl (C=O) groups is 2. The van der Waals surface area contributed by atoms with Crippen LogP contribution in [-0.2, 0) is 4.74 Å². The van der Waals surface area contributed by atoms with Crippen molar-refractivity contribution in [1.29, 1.82) is 5.26 Å². The Morgan fingerprint density at radius 1 is 1.20 bits per heavy atom. The van der Waals surface area contributed by atoms with E-state index in [0.717, 1.165) is 25.7 Å². The predicted octanol–water partition coefficient (Wildman–Crippen LogP) is 4.14. The van der Waals surface area contributed by atoms with Crippen molar-refractivity contribution in [3.8, 4) is 11.8 Å². The highest BCUT2D eigenvalue weighted by Gasteiger charge is 2.27. The summed E-state index contributed by atoms with van der Waals surface area (Å²) < 4.78 is 6.82. The molecule has 1 aromatic carbocycles. The number of rotatable bonds is 4. The van der Waals surface area contributed by atoms with Crippen LogP contribution in [0.15, 0.2) is 36.5 Å². The number of hydrogen-bond acceptors (Lipinski definition) is 6. The number of pyridine rings is 1. The number of phenolic OH excluding ortho intramolecular Hbond substituents is 1. The molecule has 3 aromatic rings. The molecule has 1 fully saturated rings. The predicted molar refractivity (Wildman–Crippen MR) is 109 cm³/mol. The van der Waals surface area contributed by atoms with Crippen molar-refractivity contribution in [2.75, 3.05) is 7.11 Å². The van der Waals surface area contributed by atoms with E-state index in [1.807, 2.05) is 4.57 Å². The number of nitriles is 1. The fourth-order valence-corrected chi connectivity index (χ4v) is 4.13. The van der Waals surface area contributed by atoms with Crippen LogP contribution >= 0.6 is 0 Å². The van der Waals surface area contributed by atoms with E-state index in [1.165, 1.54) is 31.7 Å². The first-order valence-corrected chi connectivity index (χ1v) is 9.91. The first-order valence-electron chi connectivity index (χ1n) is 9.91. The van der Waals surface area contributed by atoms with Crippen molar-refractivity contribution in [2.45, 2.75) is 38.1 Å². The van der Waals surface area contributed by atoms with Crippen LogP contribution < -0.4 is 0 Å². The van der Waals surface area contributed by atoms with Crippen molar-refractivity contribution in [2.24, 2.45) is 0 Å². The first-order chi connectivity index (χ1) is 14.5. The number of methoxy groups -OCH3 is 1. The number of aromatic hydroxyl groups is 1. The quantitative estimate of drug-likeness (QED) is 0.518. The standard InChI is InChI=1S/C23H21N3O4/c1-30-23(29)20-18(21(28)16-9-5-6-10-19(16)27)11-17-14(12-24)13-26(22(17)25-20)15-7-3-2-4-8-15/h5-6,9-11,13,15,27H,2-4,7-8H2,1H3. The van der Waals surface area contributed by atoms with Crippen LogP contribution in [0, 0.1) is 11.3 Å². The molecule has 7 nitrogen and oxygen atoms in total. The molecule has 0 radical (unpaired) electrons. The van der Waals surface area contributed by atoms with E-state index in [0.29, 0.717) is 16.6 Å². The lowest BCUT2D eigenvalue weighted by molar-refractivity contribution is 0.0591. The Bertz CT molecular complexity index is 1180. The van der Waals surface area contributed by atoms with E-state index in [4.69, 9.17) is 4.74 Å². The van der Waals surface area contributed by atoms with E-state index in [9.17, 15) is 20.0 Å². The second-order valence-electron chi connectivity index (χ2n) is 7.45. The number of para-hydroxylation sites is 1. The summed E-state index contributed by atoms with van der Waals surface area (Å²) in [6.07, 6.45) is 7.08. The zero-order valence-electron chi connectivity index (χ0n) is 16.6. The van der Waals surface area contributed by atoms with E-state index in [1.54, 1.807) is 18.3 Å². The maximum Gasteiger partial charge on any atom is 0.357 e. The number of hydrogen-bond donors (Lipinski definition) is 1. The molecule has 0 amide bonds. The van der Waals surface area contributed by atoms with E-state index in [-0.39, 0.29) is 28.6 Å². The van der Waals surface area contributed by atoms with Crippen LogP contribution in [0.25, 0.3) is 11.0 Å². The highest BCUT2D eigenvalue weighted by atomic mass is 16.5. The number of benzene rings is 1. The van der Waals surface area contributed by atoms with Crippen molar-refractivity contribution < 1.29 is 19.4 Å². The van der Waals surface area contributed by atoms with Crippen LogP contribution in [0.2, 0.25) is 0 Å². The number of ketones is 1. The van der Waals surface area contributed by atoms with Gasteiger partial charge in [-0.2, -0.15) is 5.26 Å². The molecule has 2 aromatic heterocycles. The third-order valence-corrected chi connectivity index (χ3v) is 5.67. The summed E-state index contributed by atoms with van der Waals surface area (Å²) >= 11 is 0. The van der Waals surface area contributed by atoms with Gasteiger partial charge in [-0.25, -0.2) is 9.78 Å². The molecule has 0 bridgehead atoms. The zero-order chi connectivity index (χ0) is 21.3. The largest absolute Gasteiger partial charge is 0.507 e. The number of carbonyl (C=O) groups excluding carboxylic acids is 2. The summed E-state index contributed by atoms with van der Waals surface area (Å²) in [6, 6.07) is 9.98. The van der Waals surface area contributed by atoms with Gasteiger partial charge >= 0.3 is 5.97 Å². The van der Waals surface area contributed by atoms with Crippen LogP contribution in [-0.4, -0.2) is 33.5 Å². The lowest BCUT2D eigenvalue weighted by Gasteiger charge is -2.23. The van der Waals surface area contributed by atoms with Crippen LogP contribution in [0.5, 0.6) is 5.75 Å². The maximum absolute atomic E-state index is 13.2. The maximum atomic E-state index is 13.2. The average molecular weight is 403 g/mol. The summed E-state index contributed by atoms with van der Waals surface area (Å²) in [7, 11) is 1.23. The Morgan fingerprint density at radius 3 is 2.60 bits per heavy atom. The summed E-state index contributed by atoms with van der Waals surface area (Å²) in [5.41, 5.74) is 0.805. The number of esters is 1. The Balaban J connectivity index is 1.94. The Hall–Kier alpha value is -3.66. The molecule has 0 atom stereocenters. The SMILES string of the molecule is COC(=O)c1nc2c(cc1C(=O)c1ccccc1O)c(C#N)cn2C1CCCCC1. The number of fused-ring (bicyclic) bond motifs is 1. The molecular weight excluding hydrogens is 382 g/mol. The normalized spacial score (nSPS) is 14.4. The molecule has 4 rings (SSSR count). The molecule has 30 heavy (non-hydrogen) atoms. The summed E-state index contributed by atoms with van der Waals surface area (Å²) in [5.74, 6) is -1.50. The Labute approximate surface area is 173 Å². The fraction of sp³-hybridized carbons (Fsp3) is 0.304. The van der Waals surface area contributed by atoms with Gasteiger partial charge in [0, 0.05) is 17.6 Å². The lowest BCUT2D eigenvalue weighted by Crippen LogP contribution is -2.16. The van der Waals surface area contributed by atoms with Gasteiger partial charge < -0.3 is 14.4 Å². The van der Waals surface area contributed by atoms with Gasteiger partial charge in [0.05, 0.1) is 23.8 Å². The molecule has 0 unspecified atom stereocenters. The monoisotopic (exact) mass is 403 g/mol. The minimum absolute atomic E-state index is 0.00579. The number of phenols is 1. The molecular formula is C23H21N3O4. The molecule has 152 valence electrons. The molecule has 2 heterocycles. The molecule has 1 saturated carbocycles. The smallest absolute Gasteiger partial charge is 0.357 e. The lowest BCUT2D eigenvalue weighted by atomic mass is 9.95. The zero-order valence-corrected chi connectivity index (χ0v) is 16.6. The summed E-state index contributed by atoms with van der Waals surface area (Å²) in [6.45, 7) is 0. The van der Waals surface area contributed by atoms with Gasteiger partial charge in [-0.1, -0.05) is 31.4 Å². The minimum atomic E-state index is -0.745. The van der Waals surface area contributed by atoms with Crippen molar-refractivity contribution in [3.63, 3.8) is 0 Å². The second-order valence-corrected chi connectivity index (χ2v) is 7.45. The van der Waals surface area contributed by atoms with E-state index >= 15 is 0 Å². The fourth-order valence-electron chi connectivity index (χ4n) is 4.13. The van der Waals surface area contributed by atoms with E-state index < -0.39 is 11.8 Å². The van der Waals surface area contributed by atoms with Crippen molar-refractivity contribution in [3.05, 3.63) is 58.9 Å². The first kappa shape index (κ1) is 19.6. The number of nitrogens with zero attached hydrogens (tertiary/aromatic N) is 3. The Morgan fingerprint density at radius 2 is 1.93 bits per heavy atom. The summed E-state index contributed by atoms with van der Waals surface area (Å²) in [4.78, 5) is 30.2. The molecule has 0 spiro atoms. The Kier molecular flexibility index (Phi) is 5.23. The van der Waals surface area contributed by atoms with Gasteiger partial charge in [-0.3, -0.25) is 4.79 Å². The van der Waals surface area contributed by atoms with Gasteiger partial charge in [-0.05, 0) is 31.0 Å². The van der Waals surface area contributed by atoms with Gasteiger partial charge in [-0.15, -0.1) is 0 Å². The number of aromatic nitrogens is 2. The van der Waals surface area contributed by atoms with Crippen molar-refractivity contribution in [1.82, 2.24) is 9.55 Å². The number of ether oxygens (including phenoxy) is 1. The third kappa shape index (κ3) is 3.30. The van der Waals surface area contributed by atoms with Crippen molar-refractivity contribution >= 4 is 22.8 Å². The van der Waals surface area contributed by atoms with Crippen LogP contribution in [0.3, 0.4) is 0 Å². The molecule has 0 saturated heterocycles. The van der Waals surface area contributed by atoms with Crippen LogP contribution in [0.4, 0.5) is 0 Å². The topological polar surface area (TPSA) is 105 Å². The van der Waals surface area contributed by atoms with E-state index in [2.05, 4.69) is 11.1 Å². The highest BCUT2D eigenvalue weighted by Crippen LogP contribution is 2.34. The average Bonchev–Trinajstić information content (AvgIpc) is 3.16. The molecule has 1 N–H and O–H groups in total. The van der Waals surface area contributed by atoms with Gasteiger partial charge in [0.2, 0.25) is 0 Å². The highest BCUT2D eigenvalue weighted by molar-refractivity contribution is 6.16. The molecule has 1 aliphatic carbocycles. The van der Waals surface area contributed by atoms with Gasteiger partial charge in [0.15, 0.2) is 11.5 Å². The third-order valence-electron chi connectivity index (χ3n) is 5.67. The molecule has 0 aliphatic heterocycles.